The first-order chi connectivity index (χ1) is 11.1. The third kappa shape index (κ3) is 6.40. The number of carbonyl (C=O) groups excluding carboxylic acids is 2. The summed E-state index contributed by atoms with van der Waals surface area (Å²) in [5, 5.41) is 5.50. The highest BCUT2D eigenvalue weighted by atomic mass is 16.2. The van der Waals surface area contributed by atoms with E-state index in [9.17, 15) is 9.59 Å². The fourth-order valence-corrected chi connectivity index (χ4v) is 2.74. The van der Waals surface area contributed by atoms with Crippen LogP contribution in [0, 0.1) is 6.92 Å². The molecule has 1 aliphatic heterocycles. The number of amides is 2. The van der Waals surface area contributed by atoms with Crippen molar-refractivity contribution in [3.05, 3.63) is 35.4 Å². The van der Waals surface area contributed by atoms with E-state index in [0.29, 0.717) is 12.1 Å². The minimum atomic E-state index is -0.214. The zero-order valence-electron chi connectivity index (χ0n) is 13.9. The van der Waals surface area contributed by atoms with Gasteiger partial charge in [0.15, 0.2) is 0 Å². The van der Waals surface area contributed by atoms with Crippen LogP contribution in [0.3, 0.4) is 0 Å². The first-order valence-electron chi connectivity index (χ1n) is 8.49. The molecule has 23 heavy (non-hydrogen) atoms. The van der Waals surface area contributed by atoms with Gasteiger partial charge < -0.3 is 15.5 Å². The molecule has 1 aromatic carbocycles. The van der Waals surface area contributed by atoms with Crippen LogP contribution in [-0.4, -0.2) is 49.4 Å². The van der Waals surface area contributed by atoms with Gasteiger partial charge in [-0.1, -0.05) is 24.1 Å². The van der Waals surface area contributed by atoms with Gasteiger partial charge in [0.05, 0.1) is 6.54 Å². The molecule has 0 aromatic heterocycles. The summed E-state index contributed by atoms with van der Waals surface area (Å²) in [6, 6.07) is 7.30. The molecule has 0 spiro atoms. The van der Waals surface area contributed by atoms with E-state index in [1.54, 1.807) is 12.1 Å². The summed E-state index contributed by atoms with van der Waals surface area (Å²) in [6.07, 6.45) is 4.88. The Labute approximate surface area is 138 Å². The Hall–Kier alpha value is -1.88. The molecule has 0 unspecified atom stereocenters. The number of carbonyl (C=O) groups is 2. The Morgan fingerprint density at radius 2 is 1.74 bits per heavy atom. The number of benzene rings is 1. The normalized spacial score (nSPS) is 15.2. The second-order valence-electron chi connectivity index (χ2n) is 6.15. The molecule has 0 bridgehead atoms. The molecule has 1 heterocycles. The maximum Gasteiger partial charge on any atom is 0.251 e. The van der Waals surface area contributed by atoms with E-state index in [1.807, 2.05) is 19.1 Å². The minimum Gasteiger partial charge on any atom is -0.355 e. The lowest BCUT2D eigenvalue weighted by atomic mass is 10.1. The van der Waals surface area contributed by atoms with Crippen LogP contribution in [-0.2, 0) is 4.79 Å². The summed E-state index contributed by atoms with van der Waals surface area (Å²) >= 11 is 0. The molecule has 0 radical (unpaired) electrons. The SMILES string of the molecule is Cc1ccc(C(=O)NCC(=O)NCCCN2CCCCC2)cc1. The summed E-state index contributed by atoms with van der Waals surface area (Å²) in [5.74, 6) is -0.349. The van der Waals surface area contributed by atoms with Crippen molar-refractivity contribution < 1.29 is 9.59 Å². The van der Waals surface area contributed by atoms with Crippen molar-refractivity contribution in [2.75, 3.05) is 32.7 Å². The largest absolute Gasteiger partial charge is 0.355 e. The number of nitrogens with one attached hydrogen (secondary N) is 2. The Balaban J connectivity index is 1.57. The lowest BCUT2D eigenvalue weighted by molar-refractivity contribution is -0.120. The highest BCUT2D eigenvalue weighted by Gasteiger charge is 2.10. The standard InChI is InChI=1S/C18H27N3O2/c1-15-6-8-16(9-7-15)18(23)20-14-17(22)19-10-5-13-21-11-3-2-4-12-21/h6-9H,2-5,10-14H2,1H3,(H,19,22)(H,20,23). The van der Waals surface area contributed by atoms with Gasteiger partial charge in [-0.25, -0.2) is 0 Å². The van der Waals surface area contributed by atoms with Crippen LogP contribution in [0.4, 0.5) is 0 Å². The molecule has 1 fully saturated rings. The third-order valence-corrected chi connectivity index (χ3v) is 4.15. The molecule has 2 amide bonds. The summed E-state index contributed by atoms with van der Waals surface area (Å²) in [4.78, 5) is 26.1. The van der Waals surface area contributed by atoms with Gasteiger partial charge in [-0.15, -0.1) is 0 Å². The van der Waals surface area contributed by atoms with E-state index in [1.165, 1.54) is 32.4 Å². The van der Waals surface area contributed by atoms with Crippen LogP contribution in [0.2, 0.25) is 0 Å². The highest BCUT2D eigenvalue weighted by molar-refractivity contribution is 5.96. The number of hydrogen-bond acceptors (Lipinski definition) is 3. The number of rotatable bonds is 7. The number of hydrogen-bond donors (Lipinski definition) is 2. The Kier molecular flexibility index (Phi) is 7.07. The lowest BCUT2D eigenvalue weighted by Crippen LogP contribution is -2.38. The molecule has 2 rings (SSSR count). The summed E-state index contributed by atoms with van der Waals surface area (Å²) in [7, 11) is 0. The van der Waals surface area contributed by atoms with Crippen LogP contribution in [0.15, 0.2) is 24.3 Å². The second-order valence-corrected chi connectivity index (χ2v) is 6.15. The molecule has 126 valence electrons. The summed E-state index contributed by atoms with van der Waals surface area (Å²) in [6.45, 7) is 6.06. The topological polar surface area (TPSA) is 61.4 Å². The zero-order chi connectivity index (χ0) is 16.5. The van der Waals surface area contributed by atoms with Crippen molar-refractivity contribution in [3.8, 4) is 0 Å². The van der Waals surface area contributed by atoms with Crippen LogP contribution in [0.25, 0.3) is 0 Å². The third-order valence-electron chi connectivity index (χ3n) is 4.15. The summed E-state index contributed by atoms with van der Waals surface area (Å²) in [5.41, 5.74) is 1.68. The average Bonchev–Trinajstić information content (AvgIpc) is 2.58. The fraction of sp³-hybridized carbons (Fsp3) is 0.556. The van der Waals surface area contributed by atoms with Crippen molar-refractivity contribution in [2.45, 2.75) is 32.6 Å². The second kappa shape index (κ2) is 9.30. The molecule has 1 aliphatic rings. The van der Waals surface area contributed by atoms with Gasteiger partial charge in [-0.05, 0) is 58.0 Å². The molecule has 0 saturated carbocycles. The first kappa shape index (κ1) is 17.5. The van der Waals surface area contributed by atoms with Gasteiger partial charge in [0.1, 0.15) is 0 Å². The molecule has 2 N–H and O–H groups in total. The predicted octanol–water partition coefficient (Wildman–Crippen LogP) is 1.72. The number of aryl methyl sites for hydroxylation is 1. The molecule has 5 nitrogen and oxygen atoms in total. The fourth-order valence-electron chi connectivity index (χ4n) is 2.74. The Bertz CT molecular complexity index is 508. The Morgan fingerprint density at radius 3 is 2.43 bits per heavy atom. The van der Waals surface area contributed by atoms with Crippen LogP contribution in [0.1, 0.15) is 41.6 Å². The maximum atomic E-state index is 11.9. The average molecular weight is 317 g/mol. The molecule has 0 atom stereocenters. The van der Waals surface area contributed by atoms with E-state index < -0.39 is 0 Å². The van der Waals surface area contributed by atoms with Gasteiger partial charge in [0.2, 0.25) is 5.91 Å². The minimum absolute atomic E-state index is 0.0242. The van der Waals surface area contributed by atoms with Crippen molar-refractivity contribution >= 4 is 11.8 Å². The number of nitrogens with zero attached hydrogens (tertiary/aromatic N) is 1. The molecule has 1 saturated heterocycles. The number of likely N-dealkylation sites (tertiary alicyclic amines) is 1. The monoisotopic (exact) mass is 317 g/mol. The molecular formula is C18H27N3O2. The molecule has 1 aromatic rings. The van der Waals surface area contributed by atoms with Gasteiger partial charge in [0, 0.05) is 12.1 Å². The maximum absolute atomic E-state index is 11.9. The smallest absolute Gasteiger partial charge is 0.251 e. The van der Waals surface area contributed by atoms with E-state index in [0.717, 1.165) is 18.5 Å². The lowest BCUT2D eigenvalue weighted by Gasteiger charge is -2.26. The van der Waals surface area contributed by atoms with Gasteiger partial charge in [-0.3, -0.25) is 9.59 Å². The quantitative estimate of drug-likeness (QED) is 0.753. The highest BCUT2D eigenvalue weighted by Crippen LogP contribution is 2.08. The summed E-state index contributed by atoms with van der Waals surface area (Å²) < 4.78 is 0. The van der Waals surface area contributed by atoms with Crippen molar-refractivity contribution in [2.24, 2.45) is 0 Å². The number of piperidine rings is 1. The molecule has 0 aliphatic carbocycles. The van der Waals surface area contributed by atoms with Gasteiger partial charge >= 0.3 is 0 Å². The van der Waals surface area contributed by atoms with Crippen LogP contribution < -0.4 is 10.6 Å². The zero-order valence-corrected chi connectivity index (χ0v) is 13.9. The predicted molar refractivity (Wildman–Crippen MR) is 91.4 cm³/mol. The van der Waals surface area contributed by atoms with E-state index in [-0.39, 0.29) is 18.4 Å². The first-order valence-corrected chi connectivity index (χ1v) is 8.49. The Morgan fingerprint density at radius 1 is 1.04 bits per heavy atom. The van der Waals surface area contributed by atoms with Gasteiger partial charge in [-0.2, -0.15) is 0 Å². The van der Waals surface area contributed by atoms with E-state index in [4.69, 9.17) is 0 Å². The molecular weight excluding hydrogens is 290 g/mol. The van der Waals surface area contributed by atoms with E-state index in [2.05, 4.69) is 15.5 Å². The van der Waals surface area contributed by atoms with Crippen LogP contribution in [0.5, 0.6) is 0 Å². The van der Waals surface area contributed by atoms with Crippen molar-refractivity contribution in [1.82, 2.24) is 15.5 Å². The van der Waals surface area contributed by atoms with Gasteiger partial charge in [0.25, 0.3) is 5.91 Å². The molecule has 5 heteroatoms. The van der Waals surface area contributed by atoms with Crippen molar-refractivity contribution in [3.63, 3.8) is 0 Å². The van der Waals surface area contributed by atoms with Crippen molar-refractivity contribution in [1.29, 1.82) is 0 Å². The van der Waals surface area contributed by atoms with E-state index >= 15 is 0 Å². The van der Waals surface area contributed by atoms with Crippen LogP contribution >= 0.6 is 0 Å².